The second-order valence-corrected chi connectivity index (χ2v) is 6.06. The van der Waals surface area contributed by atoms with E-state index in [2.05, 4.69) is 0 Å². The van der Waals surface area contributed by atoms with Gasteiger partial charge in [-0.1, -0.05) is 25.5 Å². The molecular weight excluding hydrogens is 366 g/mol. The van der Waals surface area contributed by atoms with E-state index in [0.29, 0.717) is 6.42 Å². The summed E-state index contributed by atoms with van der Waals surface area (Å²) in [5.74, 6) is -1.33. The van der Waals surface area contributed by atoms with Crippen LogP contribution in [0.2, 0.25) is 0 Å². The Hall–Kier alpha value is -3.67. The standard InChI is InChI=1S/C19H19N3O6/c1-3-4-9-21-18(24)13(10-20)12(2)17(19(21)25)15(23)11-28-16-8-6-5-7-14(16)22(26)27/h5-8,25H,3-4,9,11H2,1-2H3. The molecule has 2 aromatic rings. The van der Waals surface area contributed by atoms with E-state index in [1.165, 1.54) is 31.2 Å². The van der Waals surface area contributed by atoms with Crippen LogP contribution in [-0.2, 0) is 6.54 Å². The Balaban J connectivity index is 2.42. The number of nitro benzene ring substituents is 1. The van der Waals surface area contributed by atoms with Gasteiger partial charge in [0.05, 0.1) is 10.5 Å². The van der Waals surface area contributed by atoms with Crippen LogP contribution in [0.3, 0.4) is 0 Å². The average Bonchev–Trinajstić information content (AvgIpc) is 2.66. The van der Waals surface area contributed by atoms with Gasteiger partial charge >= 0.3 is 5.69 Å². The summed E-state index contributed by atoms with van der Waals surface area (Å²) in [7, 11) is 0. The van der Waals surface area contributed by atoms with Gasteiger partial charge in [-0.15, -0.1) is 0 Å². The molecule has 0 aliphatic carbocycles. The number of pyridine rings is 1. The van der Waals surface area contributed by atoms with Crippen molar-refractivity contribution in [3.63, 3.8) is 0 Å². The van der Waals surface area contributed by atoms with Gasteiger partial charge in [-0.3, -0.25) is 24.3 Å². The fraction of sp³-hybridized carbons (Fsp3) is 0.316. The van der Waals surface area contributed by atoms with Crippen LogP contribution in [-0.4, -0.2) is 27.0 Å². The first-order valence-corrected chi connectivity index (χ1v) is 8.59. The number of ether oxygens (including phenoxy) is 1. The Labute approximate surface area is 160 Å². The summed E-state index contributed by atoms with van der Waals surface area (Å²) in [5.41, 5.74) is -1.35. The molecule has 0 saturated carbocycles. The molecule has 1 N–H and O–H groups in total. The van der Waals surface area contributed by atoms with E-state index in [9.17, 15) is 30.1 Å². The monoisotopic (exact) mass is 385 g/mol. The highest BCUT2D eigenvalue weighted by atomic mass is 16.6. The normalized spacial score (nSPS) is 10.3. The summed E-state index contributed by atoms with van der Waals surface area (Å²) in [6, 6.07) is 7.35. The van der Waals surface area contributed by atoms with E-state index in [1.807, 2.05) is 6.92 Å². The van der Waals surface area contributed by atoms with Crippen molar-refractivity contribution in [2.45, 2.75) is 33.2 Å². The third-order valence-electron chi connectivity index (χ3n) is 4.23. The number of rotatable bonds is 8. The lowest BCUT2D eigenvalue weighted by Crippen LogP contribution is -2.27. The van der Waals surface area contributed by atoms with E-state index in [0.717, 1.165) is 11.0 Å². The minimum absolute atomic E-state index is 0.0499. The summed E-state index contributed by atoms with van der Waals surface area (Å²) >= 11 is 0. The Bertz CT molecular complexity index is 1020. The quantitative estimate of drug-likeness (QED) is 0.419. The first kappa shape index (κ1) is 20.6. The minimum Gasteiger partial charge on any atom is -0.494 e. The number of Topliss-reactive ketones (excluding diaryl/α,β-unsaturated/α-hetero) is 1. The van der Waals surface area contributed by atoms with Gasteiger partial charge in [-0.05, 0) is 25.0 Å². The van der Waals surface area contributed by atoms with Crippen LogP contribution < -0.4 is 10.3 Å². The molecule has 0 spiro atoms. The van der Waals surface area contributed by atoms with Crippen LogP contribution in [0, 0.1) is 28.4 Å². The Morgan fingerprint density at radius 2 is 2.07 bits per heavy atom. The predicted octanol–water partition coefficient (Wildman–Crippen LogP) is 2.70. The summed E-state index contributed by atoms with van der Waals surface area (Å²) in [5, 5.41) is 30.8. The summed E-state index contributed by atoms with van der Waals surface area (Å²) in [4.78, 5) is 35.5. The van der Waals surface area contributed by atoms with Crippen molar-refractivity contribution in [3.05, 3.63) is 61.4 Å². The maximum absolute atomic E-state index is 12.7. The summed E-state index contributed by atoms with van der Waals surface area (Å²) < 4.78 is 6.27. The van der Waals surface area contributed by atoms with E-state index in [1.54, 1.807) is 6.07 Å². The van der Waals surface area contributed by atoms with Crippen LogP contribution in [0.5, 0.6) is 11.6 Å². The lowest BCUT2D eigenvalue weighted by atomic mass is 10.0. The van der Waals surface area contributed by atoms with Crippen LogP contribution in [0.15, 0.2) is 29.1 Å². The Morgan fingerprint density at radius 3 is 2.68 bits per heavy atom. The van der Waals surface area contributed by atoms with Crippen molar-refractivity contribution in [2.24, 2.45) is 0 Å². The Kier molecular flexibility index (Phi) is 6.50. The number of aromatic hydroxyl groups is 1. The molecule has 0 aliphatic rings. The molecule has 146 valence electrons. The highest BCUT2D eigenvalue weighted by molar-refractivity contribution is 6.01. The zero-order valence-electron chi connectivity index (χ0n) is 15.5. The number of para-hydroxylation sites is 2. The number of unbranched alkanes of at least 4 members (excludes halogenated alkanes) is 1. The topological polar surface area (TPSA) is 135 Å². The third-order valence-corrected chi connectivity index (χ3v) is 4.23. The number of nitro groups is 1. The molecule has 0 saturated heterocycles. The zero-order chi connectivity index (χ0) is 20.8. The number of carbonyl (C=O) groups is 1. The van der Waals surface area contributed by atoms with Crippen molar-refractivity contribution < 1.29 is 19.6 Å². The van der Waals surface area contributed by atoms with Crippen LogP contribution in [0.4, 0.5) is 5.69 Å². The van der Waals surface area contributed by atoms with Gasteiger partial charge < -0.3 is 9.84 Å². The molecule has 1 aromatic heterocycles. The zero-order valence-corrected chi connectivity index (χ0v) is 15.5. The highest BCUT2D eigenvalue weighted by Gasteiger charge is 2.25. The molecule has 0 amide bonds. The van der Waals surface area contributed by atoms with Crippen molar-refractivity contribution in [2.75, 3.05) is 6.61 Å². The molecule has 0 radical (unpaired) electrons. The third kappa shape index (κ3) is 4.01. The van der Waals surface area contributed by atoms with E-state index < -0.39 is 28.8 Å². The van der Waals surface area contributed by atoms with Crippen molar-refractivity contribution in [1.29, 1.82) is 5.26 Å². The lowest BCUT2D eigenvalue weighted by Gasteiger charge is -2.15. The number of aromatic nitrogens is 1. The van der Waals surface area contributed by atoms with Crippen LogP contribution in [0.1, 0.15) is 41.3 Å². The van der Waals surface area contributed by atoms with E-state index in [-0.39, 0.29) is 34.7 Å². The van der Waals surface area contributed by atoms with Crippen LogP contribution >= 0.6 is 0 Å². The average molecular weight is 385 g/mol. The van der Waals surface area contributed by atoms with Crippen molar-refractivity contribution in [3.8, 4) is 17.7 Å². The SMILES string of the molecule is CCCCn1c(O)c(C(=O)COc2ccccc2[N+](=O)[O-])c(C)c(C#N)c1=O. The molecule has 2 rings (SSSR count). The molecule has 0 bridgehead atoms. The smallest absolute Gasteiger partial charge is 0.310 e. The number of carbonyl (C=O) groups excluding carboxylic acids is 1. The minimum atomic E-state index is -0.699. The highest BCUT2D eigenvalue weighted by Crippen LogP contribution is 2.27. The number of hydrogen-bond acceptors (Lipinski definition) is 7. The molecule has 9 nitrogen and oxygen atoms in total. The van der Waals surface area contributed by atoms with Gasteiger partial charge in [-0.25, -0.2) is 0 Å². The molecule has 0 fully saturated rings. The number of hydrogen-bond donors (Lipinski definition) is 1. The predicted molar refractivity (Wildman–Crippen MR) is 99.6 cm³/mol. The molecule has 28 heavy (non-hydrogen) atoms. The second-order valence-electron chi connectivity index (χ2n) is 6.06. The molecule has 0 unspecified atom stereocenters. The van der Waals surface area contributed by atoms with Crippen molar-refractivity contribution >= 4 is 11.5 Å². The lowest BCUT2D eigenvalue weighted by molar-refractivity contribution is -0.385. The number of nitrogens with zero attached hydrogens (tertiary/aromatic N) is 3. The van der Waals surface area contributed by atoms with Gasteiger partial charge in [0.1, 0.15) is 11.6 Å². The van der Waals surface area contributed by atoms with Crippen LogP contribution in [0.25, 0.3) is 0 Å². The van der Waals surface area contributed by atoms with Gasteiger partial charge in [-0.2, -0.15) is 5.26 Å². The summed E-state index contributed by atoms with van der Waals surface area (Å²) in [6.07, 6.45) is 1.31. The van der Waals surface area contributed by atoms with Gasteiger partial charge in [0.15, 0.2) is 12.4 Å². The molecule has 1 aromatic carbocycles. The largest absolute Gasteiger partial charge is 0.494 e. The number of nitriles is 1. The number of benzene rings is 1. The first-order valence-electron chi connectivity index (χ1n) is 8.59. The maximum Gasteiger partial charge on any atom is 0.310 e. The summed E-state index contributed by atoms with van der Waals surface area (Å²) in [6.45, 7) is 2.84. The molecule has 9 heteroatoms. The van der Waals surface area contributed by atoms with Crippen molar-refractivity contribution in [1.82, 2.24) is 4.57 Å². The van der Waals surface area contributed by atoms with Gasteiger partial charge in [0.25, 0.3) is 5.56 Å². The van der Waals surface area contributed by atoms with E-state index >= 15 is 0 Å². The molecule has 0 atom stereocenters. The second kappa shape index (κ2) is 8.81. The molecular formula is C19H19N3O6. The molecule has 1 heterocycles. The van der Waals surface area contributed by atoms with E-state index in [4.69, 9.17) is 4.74 Å². The molecule has 0 aliphatic heterocycles. The fourth-order valence-corrected chi connectivity index (χ4v) is 2.75. The fourth-order valence-electron chi connectivity index (χ4n) is 2.75. The number of ketones is 1. The maximum atomic E-state index is 12.7. The Morgan fingerprint density at radius 1 is 1.39 bits per heavy atom. The first-order chi connectivity index (χ1) is 13.3. The van der Waals surface area contributed by atoms with Gasteiger partial charge in [0, 0.05) is 12.6 Å². The van der Waals surface area contributed by atoms with Gasteiger partial charge in [0.2, 0.25) is 11.7 Å².